The lowest BCUT2D eigenvalue weighted by atomic mass is 10.1. The summed E-state index contributed by atoms with van der Waals surface area (Å²) in [5.41, 5.74) is 1.88. The van der Waals surface area contributed by atoms with Gasteiger partial charge >= 0.3 is 0 Å². The summed E-state index contributed by atoms with van der Waals surface area (Å²) in [6.07, 6.45) is 0.488. The molecule has 7 heteroatoms. The number of benzene rings is 1. The molecule has 1 aromatic carbocycles. The van der Waals surface area contributed by atoms with E-state index in [0.29, 0.717) is 31.9 Å². The molecule has 0 unspecified atom stereocenters. The van der Waals surface area contributed by atoms with Gasteiger partial charge in [0.05, 0.1) is 5.69 Å². The van der Waals surface area contributed by atoms with Crippen LogP contribution in [0.2, 0.25) is 0 Å². The molecule has 0 aliphatic carbocycles. The number of carbonyl (C=O) groups excluding carboxylic acids is 1. The molecule has 23 heavy (non-hydrogen) atoms. The summed E-state index contributed by atoms with van der Waals surface area (Å²) in [5, 5.41) is 17.2. The number of hydrogen-bond acceptors (Lipinski definition) is 5. The number of halogens is 1. The number of nitrogens with zero attached hydrogens (tertiary/aromatic N) is 2. The summed E-state index contributed by atoms with van der Waals surface area (Å²) in [5.74, 6) is 0.741. The highest BCUT2D eigenvalue weighted by molar-refractivity contribution is 5.85. The summed E-state index contributed by atoms with van der Waals surface area (Å²) in [6.45, 7) is 1.86. The van der Waals surface area contributed by atoms with Crippen molar-refractivity contribution < 1.29 is 4.79 Å². The highest BCUT2D eigenvalue weighted by Gasteiger charge is 2.01. The van der Waals surface area contributed by atoms with Gasteiger partial charge in [0.25, 0.3) is 0 Å². The quantitative estimate of drug-likeness (QED) is 0.640. The molecule has 0 aliphatic rings. The van der Waals surface area contributed by atoms with Crippen molar-refractivity contribution in [1.82, 2.24) is 20.8 Å². The van der Waals surface area contributed by atoms with Gasteiger partial charge in [0, 0.05) is 31.6 Å². The van der Waals surface area contributed by atoms with E-state index >= 15 is 0 Å². The van der Waals surface area contributed by atoms with Gasteiger partial charge in [-0.25, -0.2) is 0 Å². The minimum Gasteiger partial charge on any atom is -0.367 e. The number of anilines is 1. The second-order valence-electron chi connectivity index (χ2n) is 4.80. The number of hydrogen-bond donors (Lipinski definition) is 3. The summed E-state index contributed by atoms with van der Waals surface area (Å²) >= 11 is 0. The molecule has 3 N–H and O–H groups in total. The summed E-state index contributed by atoms with van der Waals surface area (Å²) < 4.78 is 0. The number of amides is 1. The fourth-order valence-corrected chi connectivity index (χ4v) is 1.91. The predicted molar refractivity (Wildman–Crippen MR) is 94.8 cm³/mol. The minimum atomic E-state index is 0. The van der Waals surface area contributed by atoms with Crippen LogP contribution in [-0.4, -0.2) is 42.8 Å². The van der Waals surface area contributed by atoms with Crippen LogP contribution in [0.3, 0.4) is 0 Å². The fraction of sp³-hybridized carbons (Fsp3) is 0.312. The molecule has 124 valence electrons. The topological polar surface area (TPSA) is 78.9 Å². The van der Waals surface area contributed by atoms with E-state index in [-0.39, 0.29) is 18.3 Å². The third kappa shape index (κ3) is 6.63. The maximum atomic E-state index is 11.4. The highest BCUT2D eigenvalue weighted by Crippen LogP contribution is 2.15. The van der Waals surface area contributed by atoms with Crippen molar-refractivity contribution in [2.45, 2.75) is 6.42 Å². The lowest BCUT2D eigenvalue weighted by Crippen LogP contribution is -2.30. The van der Waals surface area contributed by atoms with Gasteiger partial charge in [-0.1, -0.05) is 30.3 Å². The highest BCUT2D eigenvalue weighted by atomic mass is 35.5. The number of carbonyl (C=O) groups is 1. The smallest absolute Gasteiger partial charge is 0.221 e. The second kappa shape index (κ2) is 10.5. The molecule has 1 heterocycles. The maximum Gasteiger partial charge on any atom is 0.221 e. The normalized spacial score (nSPS) is 9.78. The van der Waals surface area contributed by atoms with Crippen LogP contribution in [0.25, 0.3) is 11.3 Å². The molecule has 6 nitrogen and oxygen atoms in total. The number of rotatable bonds is 8. The van der Waals surface area contributed by atoms with E-state index in [9.17, 15) is 4.79 Å². The first kappa shape index (κ1) is 18.9. The Kier molecular flexibility index (Phi) is 8.64. The standard InChI is InChI=1S/C16H21N5O.ClH/c1-17-10-9-16(22)19-12-11-18-15-8-7-14(20-21-15)13-5-3-2-4-6-13;/h2-8,17H,9-12H2,1H3,(H,18,21)(H,19,22);1H. The third-order valence-electron chi connectivity index (χ3n) is 3.09. The van der Waals surface area contributed by atoms with E-state index in [1.54, 1.807) is 0 Å². The lowest BCUT2D eigenvalue weighted by Gasteiger charge is -2.07. The van der Waals surface area contributed by atoms with Crippen LogP contribution >= 0.6 is 12.4 Å². The lowest BCUT2D eigenvalue weighted by molar-refractivity contribution is -0.120. The van der Waals surface area contributed by atoms with Gasteiger partial charge in [-0.05, 0) is 19.2 Å². The molecule has 2 rings (SSSR count). The van der Waals surface area contributed by atoms with Gasteiger partial charge in [-0.3, -0.25) is 4.79 Å². The van der Waals surface area contributed by atoms with Crippen LogP contribution in [-0.2, 0) is 4.79 Å². The zero-order valence-corrected chi connectivity index (χ0v) is 13.9. The molecule has 0 bridgehead atoms. The van der Waals surface area contributed by atoms with Crippen molar-refractivity contribution in [3.63, 3.8) is 0 Å². The maximum absolute atomic E-state index is 11.4. The molecule has 1 aromatic heterocycles. The first-order valence-electron chi connectivity index (χ1n) is 7.34. The minimum absolute atomic E-state index is 0. The number of nitrogens with one attached hydrogen (secondary N) is 3. The van der Waals surface area contributed by atoms with E-state index in [1.807, 2.05) is 49.5 Å². The summed E-state index contributed by atoms with van der Waals surface area (Å²) in [6, 6.07) is 13.7. The van der Waals surface area contributed by atoms with Crippen LogP contribution < -0.4 is 16.0 Å². The first-order chi connectivity index (χ1) is 10.8. The zero-order valence-electron chi connectivity index (χ0n) is 13.1. The third-order valence-corrected chi connectivity index (χ3v) is 3.09. The molecular formula is C16H22ClN5O. The second-order valence-corrected chi connectivity index (χ2v) is 4.80. The van der Waals surface area contributed by atoms with Crippen LogP contribution in [0.5, 0.6) is 0 Å². The average molecular weight is 336 g/mol. The Morgan fingerprint density at radius 3 is 2.43 bits per heavy atom. The van der Waals surface area contributed by atoms with E-state index in [2.05, 4.69) is 26.1 Å². The molecule has 0 atom stereocenters. The molecule has 0 saturated heterocycles. The van der Waals surface area contributed by atoms with E-state index in [0.717, 1.165) is 11.3 Å². The largest absolute Gasteiger partial charge is 0.367 e. The van der Waals surface area contributed by atoms with Gasteiger partial charge < -0.3 is 16.0 Å². The van der Waals surface area contributed by atoms with Gasteiger partial charge in [0.1, 0.15) is 5.82 Å². The monoisotopic (exact) mass is 335 g/mol. The van der Waals surface area contributed by atoms with Crippen molar-refractivity contribution in [2.75, 3.05) is 32.0 Å². The first-order valence-corrected chi connectivity index (χ1v) is 7.34. The Labute approximate surface area is 142 Å². The Morgan fingerprint density at radius 2 is 1.78 bits per heavy atom. The Bertz CT molecular complexity index is 577. The van der Waals surface area contributed by atoms with E-state index in [4.69, 9.17) is 0 Å². The molecule has 0 saturated carbocycles. The average Bonchev–Trinajstić information content (AvgIpc) is 2.58. The van der Waals surface area contributed by atoms with Gasteiger partial charge in [-0.15, -0.1) is 22.6 Å². The Hall–Kier alpha value is -2.18. The molecule has 0 spiro atoms. The molecule has 2 aromatic rings. The summed E-state index contributed by atoms with van der Waals surface area (Å²) in [7, 11) is 1.83. The van der Waals surface area contributed by atoms with Crippen LogP contribution in [0, 0.1) is 0 Å². The summed E-state index contributed by atoms with van der Waals surface area (Å²) in [4.78, 5) is 11.4. The van der Waals surface area contributed by atoms with Crippen LogP contribution in [0.1, 0.15) is 6.42 Å². The Balaban J connectivity index is 0.00000264. The molecule has 1 amide bonds. The molecule has 0 fully saturated rings. The zero-order chi connectivity index (χ0) is 15.6. The number of aromatic nitrogens is 2. The van der Waals surface area contributed by atoms with Gasteiger partial charge in [-0.2, -0.15) is 0 Å². The molecular weight excluding hydrogens is 314 g/mol. The van der Waals surface area contributed by atoms with Crippen molar-refractivity contribution in [3.8, 4) is 11.3 Å². The van der Waals surface area contributed by atoms with Crippen molar-refractivity contribution in [3.05, 3.63) is 42.5 Å². The SMILES string of the molecule is CNCCC(=O)NCCNc1ccc(-c2ccccc2)nn1.Cl. The van der Waals surface area contributed by atoms with E-state index in [1.165, 1.54) is 0 Å². The van der Waals surface area contributed by atoms with Gasteiger partial charge in [0.15, 0.2) is 0 Å². The predicted octanol–water partition coefficient (Wildman–Crippen LogP) is 1.70. The fourth-order valence-electron chi connectivity index (χ4n) is 1.91. The van der Waals surface area contributed by atoms with Gasteiger partial charge in [0.2, 0.25) is 5.91 Å². The van der Waals surface area contributed by atoms with Crippen molar-refractivity contribution in [2.24, 2.45) is 0 Å². The van der Waals surface area contributed by atoms with Crippen molar-refractivity contribution in [1.29, 1.82) is 0 Å². The van der Waals surface area contributed by atoms with Crippen LogP contribution in [0.15, 0.2) is 42.5 Å². The van der Waals surface area contributed by atoms with Crippen molar-refractivity contribution >= 4 is 24.1 Å². The van der Waals surface area contributed by atoms with E-state index < -0.39 is 0 Å². The molecule has 0 radical (unpaired) electrons. The Morgan fingerprint density at radius 1 is 1.00 bits per heavy atom. The van der Waals surface area contributed by atoms with Crippen LogP contribution in [0.4, 0.5) is 5.82 Å². The molecule has 0 aliphatic heterocycles.